The Morgan fingerprint density at radius 1 is 1.04 bits per heavy atom. The summed E-state index contributed by atoms with van der Waals surface area (Å²) >= 11 is 1.62. The van der Waals surface area contributed by atoms with Gasteiger partial charge in [-0.3, -0.25) is 24.4 Å². The number of hydrogen-bond donors (Lipinski definition) is 0. The first-order valence-corrected chi connectivity index (χ1v) is 9.44. The van der Waals surface area contributed by atoms with Crippen molar-refractivity contribution >= 4 is 23.2 Å². The van der Waals surface area contributed by atoms with Gasteiger partial charge in [0.05, 0.1) is 11.1 Å². The summed E-state index contributed by atoms with van der Waals surface area (Å²) in [5.74, 6) is -0.415. The van der Waals surface area contributed by atoms with E-state index in [0.717, 1.165) is 15.4 Å². The number of fused-ring (bicyclic) bond motifs is 1. The van der Waals surface area contributed by atoms with Gasteiger partial charge in [-0.1, -0.05) is 12.1 Å². The Labute approximate surface area is 161 Å². The highest BCUT2D eigenvalue weighted by atomic mass is 32.1. The predicted molar refractivity (Wildman–Crippen MR) is 103 cm³/mol. The lowest BCUT2D eigenvalue weighted by Crippen LogP contribution is -2.36. The molecule has 1 aliphatic rings. The summed E-state index contributed by atoms with van der Waals surface area (Å²) in [7, 11) is 1.97. The lowest BCUT2D eigenvalue weighted by molar-refractivity contribution is 0.0640. The zero-order valence-electron chi connectivity index (χ0n) is 14.8. The van der Waals surface area contributed by atoms with Crippen molar-refractivity contribution in [3.05, 3.63) is 71.0 Å². The van der Waals surface area contributed by atoms with Gasteiger partial charge in [0.1, 0.15) is 5.01 Å². The van der Waals surface area contributed by atoms with E-state index in [1.807, 2.05) is 25.4 Å². The Hall–Kier alpha value is -2.90. The maximum Gasteiger partial charge on any atom is 0.261 e. The second-order valence-corrected chi connectivity index (χ2v) is 7.53. The minimum Gasteiger partial charge on any atom is -0.299 e. The van der Waals surface area contributed by atoms with Crippen molar-refractivity contribution in [3.63, 3.8) is 0 Å². The molecule has 6 nitrogen and oxygen atoms in total. The molecule has 3 heterocycles. The molecular weight excluding hydrogens is 360 g/mol. The molecule has 0 atom stereocenters. The second kappa shape index (κ2) is 7.38. The molecular formula is C20H18N4O2S. The third-order valence-corrected chi connectivity index (χ3v) is 5.50. The fourth-order valence-electron chi connectivity index (χ4n) is 3.06. The van der Waals surface area contributed by atoms with E-state index in [1.54, 1.807) is 48.0 Å². The van der Waals surface area contributed by atoms with Crippen molar-refractivity contribution in [3.8, 4) is 10.6 Å². The molecule has 0 saturated carbocycles. The molecule has 1 aromatic carbocycles. The van der Waals surface area contributed by atoms with Crippen molar-refractivity contribution in [2.75, 3.05) is 20.1 Å². The van der Waals surface area contributed by atoms with Gasteiger partial charge in [0, 0.05) is 48.7 Å². The third kappa shape index (κ3) is 3.51. The predicted octanol–water partition coefficient (Wildman–Crippen LogP) is 2.93. The van der Waals surface area contributed by atoms with Gasteiger partial charge in [-0.25, -0.2) is 4.98 Å². The van der Waals surface area contributed by atoms with Gasteiger partial charge < -0.3 is 0 Å². The van der Waals surface area contributed by atoms with Gasteiger partial charge >= 0.3 is 0 Å². The molecule has 0 radical (unpaired) electrons. The van der Waals surface area contributed by atoms with Crippen LogP contribution >= 0.6 is 11.3 Å². The number of benzene rings is 1. The first kappa shape index (κ1) is 17.5. The van der Waals surface area contributed by atoms with E-state index in [4.69, 9.17) is 0 Å². The van der Waals surface area contributed by atoms with E-state index in [-0.39, 0.29) is 11.8 Å². The van der Waals surface area contributed by atoms with E-state index in [0.29, 0.717) is 30.8 Å². The molecule has 2 amide bonds. The molecule has 0 bridgehead atoms. The number of carbonyl (C=O) groups excluding carboxylic acids is 2. The summed E-state index contributed by atoms with van der Waals surface area (Å²) < 4.78 is 0. The normalized spacial score (nSPS) is 13.5. The molecule has 136 valence electrons. The summed E-state index contributed by atoms with van der Waals surface area (Å²) in [4.78, 5) is 37.9. The van der Waals surface area contributed by atoms with Crippen molar-refractivity contribution in [2.24, 2.45) is 0 Å². The van der Waals surface area contributed by atoms with Crippen molar-refractivity contribution in [2.45, 2.75) is 6.54 Å². The summed E-state index contributed by atoms with van der Waals surface area (Å²) in [6.45, 7) is 1.68. The van der Waals surface area contributed by atoms with Gasteiger partial charge in [0.25, 0.3) is 11.8 Å². The number of carbonyl (C=O) groups is 2. The molecule has 2 aromatic heterocycles. The first-order valence-electron chi connectivity index (χ1n) is 8.62. The van der Waals surface area contributed by atoms with Crippen molar-refractivity contribution in [1.82, 2.24) is 19.8 Å². The Kier molecular flexibility index (Phi) is 4.79. The van der Waals surface area contributed by atoms with Gasteiger partial charge in [-0.15, -0.1) is 11.3 Å². The SMILES string of the molecule is CN(CCN1C(=O)c2ccccc2C1=O)Cc1cnc(-c2cccnc2)s1. The number of nitrogens with zero attached hydrogens (tertiary/aromatic N) is 4. The van der Waals surface area contributed by atoms with Crippen LogP contribution in [0.3, 0.4) is 0 Å². The van der Waals surface area contributed by atoms with Gasteiger partial charge in [0.2, 0.25) is 0 Å². The van der Waals surface area contributed by atoms with Crippen LogP contribution in [-0.4, -0.2) is 51.7 Å². The quantitative estimate of drug-likeness (QED) is 0.617. The van der Waals surface area contributed by atoms with Crippen LogP contribution in [-0.2, 0) is 6.54 Å². The van der Waals surface area contributed by atoms with E-state index < -0.39 is 0 Å². The van der Waals surface area contributed by atoms with Gasteiger partial charge in [-0.2, -0.15) is 0 Å². The van der Waals surface area contributed by atoms with Crippen LogP contribution in [0.25, 0.3) is 10.6 Å². The molecule has 0 unspecified atom stereocenters. The highest BCUT2D eigenvalue weighted by Crippen LogP contribution is 2.25. The maximum atomic E-state index is 12.4. The smallest absolute Gasteiger partial charge is 0.261 e. The standard InChI is InChI=1S/C20H18N4O2S/c1-23(13-15-12-22-18(27-15)14-5-4-8-21-11-14)9-10-24-19(25)16-6-2-3-7-17(16)20(24)26/h2-8,11-12H,9-10,13H2,1H3. The lowest BCUT2D eigenvalue weighted by Gasteiger charge is -2.19. The molecule has 3 aromatic rings. The maximum absolute atomic E-state index is 12.4. The number of imide groups is 1. The number of aromatic nitrogens is 2. The molecule has 0 N–H and O–H groups in total. The van der Waals surface area contributed by atoms with Crippen LogP contribution in [0.4, 0.5) is 0 Å². The molecule has 7 heteroatoms. The Balaban J connectivity index is 1.36. The fourth-order valence-corrected chi connectivity index (χ4v) is 4.04. The van der Waals surface area contributed by atoms with E-state index in [1.165, 1.54) is 4.90 Å². The minimum absolute atomic E-state index is 0.208. The van der Waals surface area contributed by atoms with Crippen molar-refractivity contribution < 1.29 is 9.59 Å². The molecule has 1 aliphatic heterocycles. The topological polar surface area (TPSA) is 66.4 Å². The molecule has 27 heavy (non-hydrogen) atoms. The Bertz CT molecular complexity index is 951. The van der Waals surface area contributed by atoms with Gasteiger partial charge in [0.15, 0.2) is 0 Å². The van der Waals surface area contributed by atoms with E-state index in [9.17, 15) is 9.59 Å². The van der Waals surface area contributed by atoms with Crippen LogP contribution in [0.5, 0.6) is 0 Å². The summed E-state index contributed by atoms with van der Waals surface area (Å²) in [6.07, 6.45) is 5.41. The van der Waals surface area contributed by atoms with Gasteiger partial charge in [-0.05, 0) is 31.3 Å². The summed E-state index contributed by atoms with van der Waals surface area (Å²) in [6, 6.07) is 10.9. The zero-order valence-corrected chi connectivity index (χ0v) is 15.6. The monoisotopic (exact) mass is 378 g/mol. The summed E-state index contributed by atoms with van der Waals surface area (Å²) in [5.41, 5.74) is 1.99. The Morgan fingerprint density at radius 2 is 1.78 bits per heavy atom. The number of rotatable bonds is 6. The van der Waals surface area contributed by atoms with Crippen molar-refractivity contribution in [1.29, 1.82) is 0 Å². The molecule has 0 aliphatic carbocycles. The third-order valence-electron chi connectivity index (χ3n) is 4.47. The lowest BCUT2D eigenvalue weighted by atomic mass is 10.1. The average molecular weight is 378 g/mol. The Morgan fingerprint density at radius 3 is 2.44 bits per heavy atom. The highest BCUT2D eigenvalue weighted by Gasteiger charge is 2.34. The first-order chi connectivity index (χ1) is 13.1. The van der Waals surface area contributed by atoms with E-state index in [2.05, 4.69) is 14.9 Å². The van der Waals surface area contributed by atoms with E-state index >= 15 is 0 Å². The van der Waals surface area contributed by atoms with Crippen LogP contribution in [0.15, 0.2) is 55.0 Å². The average Bonchev–Trinajstić information content (AvgIpc) is 3.25. The highest BCUT2D eigenvalue weighted by molar-refractivity contribution is 7.15. The van der Waals surface area contributed by atoms with Crippen LogP contribution in [0.1, 0.15) is 25.6 Å². The molecule has 0 spiro atoms. The number of thiazole rings is 1. The molecule has 4 rings (SSSR count). The van der Waals surface area contributed by atoms with Crippen LogP contribution in [0, 0.1) is 0 Å². The number of hydrogen-bond acceptors (Lipinski definition) is 6. The molecule has 0 fully saturated rings. The fraction of sp³-hybridized carbons (Fsp3) is 0.200. The zero-order chi connectivity index (χ0) is 18.8. The second-order valence-electron chi connectivity index (χ2n) is 6.42. The number of likely N-dealkylation sites (N-methyl/N-ethyl adjacent to an activating group) is 1. The minimum atomic E-state index is -0.208. The summed E-state index contributed by atoms with van der Waals surface area (Å²) in [5, 5.41) is 0.937. The number of pyridine rings is 1. The van der Waals surface area contributed by atoms with Crippen LogP contribution in [0.2, 0.25) is 0 Å². The number of amides is 2. The molecule has 0 saturated heterocycles. The van der Waals surface area contributed by atoms with Crippen LogP contribution < -0.4 is 0 Å². The largest absolute Gasteiger partial charge is 0.299 e.